The molecule has 0 aromatic heterocycles. The highest BCUT2D eigenvalue weighted by Crippen LogP contribution is 1.99. The van der Waals surface area contributed by atoms with E-state index in [-0.39, 0.29) is 56.4 Å². The molecule has 0 fully saturated rings. The van der Waals surface area contributed by atoms with Gasteiger partial charge < -0.3 is 28.5 Å². The van der Waals surface area contributed by atoms with Crippen molar-refractivity contribution >= 4 is 29.5 Å². The summed E-state index contributed by atoms with van der Waals surface area (Å²) >= 11 is 0. The van der Waals surface area contributed by atoms with Gasteiger partial charge in [-0.2, -0.15) is 0 Å². The molecule has 0 saturated heterocycles. The first-order chi connectivity index (χ1) is 12.6. The first-order valence-electron chi connectivity index (χ1n) is 8.54. The van der Waals surface area contributed by atoms with Gasteiger partial charge in [0.1, 0.15) is 30.9 Å². The van der Waals surface area contributed by atoms with Crippen molar-refractivity contribution in [1.29, 1.82) is 0 Å². The van der Waals surface area contributed by atoms with E-state index < -0.39 is 18.0 Å². The van der Waals surface area contributed by atoms with Crippen LogP contribution >= 0.6 is 0 Å². The van der Waals surface area contributed by atoms with E-state index >= 15 is 0 Å². The number of methoxy groups -OCH3 is 1. The maximum Gasteiger partial charge on any atom is 0.306 e. The van der Waals surface area contributed by atoms with E-state index in [1.165, 1.54) is 27.9 Å². The average Bonchev–Trinajstić information content (AvgIpc) is 2.57. The van der Waals surface area contributed by atoms with Crippen LogP contribution in [0.3, 0.4) is 0 Å². The zero-order valence-electron chi connectivity index (χ0n) is 16.7. The Balaban J connectivity index is 0. The Labute approximate surface area is 159 Å². The summed E-state index contributed by atoms with van der Waals surface area (Å²) in [4.78, 5) is 53.3. The van der Waals surface area contributed by atoms with Crippen LogP contribution in [0.5, 0.6) is 0 Å². The van der Waals surface area contributed by atoms with Crippen LogP contribution in [-0.4, -0.2) is 62.5 Å². The molecular weight excluding hydrogens is 360 g/mol. The van der Waals surface area contributed by atoms with Crippen LogP contribution in [0.15, 0.2) is 0 Å². The van der Waals surface area contributed by atoms with Gasteiger partial charge in [-0.15, -0.1) is 0 Å². The van der Waals surface area contributed by atoms with Gasteiger partial charge in [0.05, 0.1) is 19.4 Å². The molecule has 0 spiro atoms. The van der Waals surface area contributed by atoms with E-state index in [4.69, 9.17) is 9.47 Å². The van der Waals surface area contributed by atoms with Crippen molar-refractivity contribution in [3.63, 3.8) is 0 Å². The Morgan fingerprint density at radius 1 is 0.741 bits per heavy atom. The fraction of sp³-hybridized carbons (Fsp3) is 0.722. The van der Waals surface area contributed by atoms with E-state index in [1.807, 2.05) is 0 Å². The van der Waals surface area contributed by atoms with Gasteiger partial charge in [-0.05, 0) is 20.8 Å². The van der Waals surface area contributed by atoms with E-state index in [0.29, 0.717) is 6.61 Å². The highest BCUT2D eigenvalue weighted by atomic mass is 16.6. The molecule has 9 heteroatoms. The zero-order valence-corrected chi connectivity index (χ0v) is 16.7. The maximum atomic E-state index is 11.1. The van der Waals surface area contributed by atoms with Crippen molar-refractivity contribution in [2.24, 2.45) is 0 Å². The fourth-order valence-electron chi connectivity index (χ4n) is 1.42. The molecule has 0 rings (SSSR count). The molecule has 0 aromatic rings. The number of hydrogen-bond acceptors (Lipinski definition) is 9. The molecule has 0 N–H and O–H groups in total. The Kier molecular flexibility index (Phi) is 17.1. The molecule has 1 unspecified atom stereocenters. The predicted octanol–water partition coefficient (Wildman–Crippen LogP) is 1.40. The number of ketones is 2. The van der Waals surface area contributed by atoms with Gasteiger partial charge in [-0.1, -0.05) is 0 Å². The van der Waals surface area contributed by atoms with E-state index in [0.717, 1.165) is 0 Å². The summed E-state index contributed by atoms with van der Waals surface area (Å²) in [7, 11) is 1.53. The zero-order chi connectivity index (χ0) is 21.2. The third-order valence-electron chi connectivity index (χ3n) is 2.77. The quantitative estimate of drug-likeness (QED) is 0.276. The molecule has 0 bridgehead atoms. The Bertz CT molecular complexity index is 485. The van der Waals surface area contributed by atoms with Crippen molar-refractivity contribution in [2.75, 3.05) is 26.9 Å². The van der Waals surface area contributed by atoms with Crippen LogP contribution < -0.4 is 0 Å². The number of carbonyl (C=O) groups is 5. The van der Waals surface area contributed by atoms with Crippen molar-refractivity contribution in [2.45, 2.75) is 59.5 Å². The first-order valence-corrected chi connectivity index (χ1v) is 8.54. The third kappa shape index (κ3) is 23.7. The number of esters is 3. The molecule has 0 aromatic carbocycles. The molecule has 9 nitrogen and oxygen atoms in total. The number of rotatable bonds is 12. The van der Waals surface area contributed by atoms with E-state index in [9.17, 15) is 24.0 Å². The molecule has 1 atom stereocenters. The van der Waals surface area contributed by atoms with Gasteiger partial charge in [-0.3, -0.25) is 14.4 Å². The molecule has 0 heterocycles. The smallest absolute Gasteiger partial charge is 0.306 e. The molecule has 156 valence electrons. The summed E-state index contributed by atoms with van der Waals surface area (Å²) in [5, 5.41) is 0. The van der Waals surface area contributed by atoms with Crippen molar-refractivity contribution in [3.05, 3.63) is 0 Å². The lowest BCUT2D eigenvalue weighted by Crippen LogP contribution is -2.21. The summed E-state index contributed by atoms with van der Waals surface area (Å²) in [5.74, 6) is -1.27. The van der Waals surface area contributed by atoms with Gasteiger partial charge in [0.25, 0.3) is 0 Å². The summed E-state index contributed by atoms with van der Waals surface area (Å²) < 4.78 is 18.9. The number of hydrogen-bond donors (Lipinski definition) is 0. The summed E-state index contributed by atoms with van der Waals surface area (Å²) in [5.41, 5.74) is 0. The van der Waals surface area contributed by atoms with Gasteiger partial charge in [0.2, 0.25) is 0 Å². The molecule has 0 aliphatic carbocycles. The average molecular weight is 390 g/mol. The largest absolute Gasteiger partial charge is 0.463 e. The maximum absolute atomic E-state index is 11.1. The van der Waals surface area contributed by atoms with Crippen LogP contribution in [0, 0.1) is 0 Å². The van der Waals surface area contributed by atoms with Crippen LogP contribution in [0.25, 0.3) is 0 Å². The minimum Gasteiger partial charge on any atom is -0.463 e. The predicted molar refractivity (Wildman–Crippen MR) is 94.9 cm³/mol. The highest BCUT2D eigenvalue weighted by molar-refractivity contribution is 5.81. The summed E-state index contributed by atoms with van der Waals surface area (Å²) in [6, 6.07) is 0. The second-order valence-corrected chi connectivity index (χ2v) is 5.72. The van der Waals surface area contributed by atoms with Crippen molar-refractivity contribution in [1.82, 2.24) is 0 Å². The molecule has 0 saturated carbocycles. The normalized spacial score (nSPS) is 10.7. The number of ether oxygens (including phenoxy) is 4. The minimum absolute atomic E-state index is 0.00121. The molecule has 27 heavy (non-hydrogen) atoms. The highest BCUT2D eigenvalue weighted by Gasteiger charge is 2.11. The van der Waals surface area contributed by atoms with Gasteiger partial charge in [-0.25, -0.2) is 0 Å². The lowest BCUT2D eigenvalue weighted by molar-refractivity contribution is -0.157. The second-order valence-electron chi connectivity index (χ2n) is 5.72. The lowest BCUT2D eigenvalue weighted by atomic mass is 10.2. The van der Waals surface area contributed by atoms with Crippen LogP contribution in [-0.2, 0) is 42.9 Å². The van der Waals surface area contributed by atoms with Crippen molar-refractivity contribution < 1.29 is 42.9 Å². The van der Waals surface area contributed by atoms with Crippen molar-refractivity contribution in [3.8, 4) is 0 Å². The molecule has 0 radical (unpaired) electrons. The Morgan fingerprint density at radius 3 is 1.70 bits per heavy atom. The van der Waals surface area contributed by atoms with Gasteiger partial charge in [0, 0.05) is 26.9 Å². The Hall–Kier alpha value is -2.29. The summed E-state index contributed by atoms with van der Waals surface area (Å²) in [6.45, 7) is 6.46. The molecule has 0 amide bonds. The van der Waals surface area contributed by atoms with Gasteiger partial charge >= 0.3 is 17.9 Å². The van der Waals surface area contributed by atoms with Crippen LogP contribution in [0.4, 0.5) is 0 Å². The monoisotopic (exact) mass is 390 g/mol. The topological polar surface area (TPSA) is 122 Å². The Morgan fingerprint density at radius 2 is 1.26 bits per heavy atom. The lowest BCUT2D eigenvalue weighted by Gasteiger charge is -2.12. The van der Waals surface area contributed by atoms with Crippen LogP contribution in [0.1, 0.15) is 53.4 Å². The number of carbonyl (C=O) groups excluding carboxylic acids is 5. The third-order valence-corrected chi connectivity index (χ3v) is 2.77. The fourth-order valence-corrected chi connectivity index (χ4v) is 1.42. The van der Waals surface area contributed by atoms with E-state index in [1.54, 1.807) is 6.92 Å². The second kappa shape index (κ2) is 17.1. The first kappa shape index (κ1) is 26.9. The standard InChI is InChI=1S/C10H16O5.C8H14O4/c1-7(11)4-5-10(13)15-8(2)6-14-9(3)12;1-7(9)3-4-8(10)12-6-5-11-2/h8H,4-6H2,1-3H3;3-6H2,1-2H3. The molecule has 0 aliphatic heterocycles. The number of Topliss-reactive ketones (excluding diaryl/α,β-unsaturated/α-hetero) is 2. The molecule has 0 aliphatic rings. The van der Waals surface area contributed by atoms with E-state index in [2.05, 4.69) is 9.47 Å². The summed E-state index contributed by atoms with van der Waals surface area (Å²) in [6.07, 6.45) is 0.192. The molecular formula is C18H30O9. The SMILES string of the molecule is CC(=O)CCC(=O)OC(C)COC(C)=O.COCCOC(=O)CCC(C)=O. The van der Waals surface area contributed by atoms with Crippen LogP contribution in [0.2, 0.25) is 0 Å². The minimum atomic E-state index is -0.478. The van der Waals surface area contributed by atoms with Gasteiger partial charge in [0.15, 0.2) is 0 Å².